The first kappa shape index (κ1) is 38.5. The van der Waals surface area contributed by atoms with E-state index in [1.54, 1.807) is 12.1 Å². The normalized spacial score (nSPS) is 30.2. The minimum Gasteiger partial charge on any atom is -0.381 e. The van der Waals surface area contributed by atoms with Crippen molar-refractivity contribution < 1.29 is 13.5 Å². The zero-order chi connectivity index (χ0) is 35.4. The largest absolute Gasteiger partial charge is 0.381 e. The second-order valence-electron chi connectivity index (χ2n) is 17.4. The Hall–Kier alpha value is -2.26. The first-order valence-electron chi connectivity index (χ1n) is 21.4. The van der Waals surface area contributed by atoms with Gasteiger partial charge < -0.3 is 4.74 Å². The summed E-state index contributed by atoms with van der Waals surface area (Å²) in [6, 6.07) is 11.8. The SMILES string of the molecule is C=CC1CCC(CCC2CCC(c3ccc(CCOCCc4ccc(C5CCC(CCC6CCC(C=C)CC6)CC5)cc4F)c(F)c3)CC2)CC1. The maximum atomic E-state index is 15.1. The van der Waals surface area contributed by atoms with Crippen LogP contribution >= 0.6 is 0 Å². The molecular formula is C48H68F2O. The van der Waals surface area contributed by atoms with Gasteiger partial charge in [-0.15, -0.1) is 13.2 Å². The highest BCUT2D eigenvalue weighted by molar-refractivity contribution is 5.29. The first-order chi connectivity index (χ1) is 25.0. The maximum absolute atomic E-state index is 15.1. The molecule has 6 rings (SSSR count). The average molecular weight is 699 g/mol. The molecule has 4 aliphatic carbocycles. The fourth-order valence-electron chi connectivity index (χ4n) is 10.4. The van der Waals surface area contributed by atoms with Crippen LogP contribution in [0.2, 0.25) is 0 Å². The average Bonchev–Trinajstić information content (AvgIpc) is 3.18. The van der Waals surface area contributed by atoms with Crippen LogP contribution in [0.25, 0.3) is 0 Å². The van der Waals surface area contributed by atoms with Gasteiger partial charge in [0.1, 0.15) is 11.6 Å². The van der Waals surface area contributed by atoms with Crippen molar-refractivity contribution in [2.24, 2.45) is 35.5 Å². The number of halogens is 2. The molecule has 51 heavy (non-hydrogen) atoms. The van der Waals surface area contributed by atoms with Crippen LogP contribution in [-0.2, 0) is 17.6 Å². The molecule has 0 unspecified atom stereocenters. The molecule has 0 N–H and O–H groups in total. The second-order valence-corrected chi connectivity index (χ2v) is 17.4. The van der Waals surface area contributed by atoms with Gasteiger partial charge in [0.15, 0.2) is 0 Å². The molecule has 4 fully saturated rings. The lowest BCUT2D eigenvalue weighted by Gasteiger charge is -2.31. The molecule has 0 aromatic heterocycles. The highest BCUT2D eigenvalue weighted by Crippen LogP contribution is 2.42. The van der Waals surface area contributed by atoms with Crippen molar-refractivity contribution in [1.82, 2.24) is 0 Å². The van der Waals surface area contributed by atoms with Crippen molar-refractivity contribution in [2.75, 3.05) is 13.2 Å². The van der Waals surface area contributed by atoms with Crippen molar-refractivity contribution in [1.29, 1.82) is 0 Å². The lowest BCUT2D eigenvalue weighted by Crippen LogP contribution is -2.17. The van der Waals surface area contributed by atoms with Crippen LogP contribution in [0, 0.1) is 47.1 Å². The van der Waals surface area contributed by atoms with Crippen molar-refractivity contribution >= 4 is 0 Å². The standard InChI is InChI=1S/C48H68F2O/c1-3-35-5-9-37(10-6-35)13-15-39-17-21-41(22-18-39)45-27-25-43(47(49)33-45)29-31-51-32-30-44-26-28-46(34-48(44)50)42-23-19-40(20-24-42)16-14-38-11-7-36(4-2)8-12-38/h3-4,25-28,33-42H,1-2,5-24,29-32H2. The van der Waals surface area contributed by atoms with Crippen LogP contribution < -0.4 is 0 Å². The summed E-state index contributed by atoms with van der Waals surface area (Å²) in [6.45, 7) is 8.89. The second kappa shape index (κ2) is 19.7. The van der Waals surface area contributed by atoms with Gasteiger partial charge in [-0.05, 0) is 197 Å². The van der Waals surface area contributed by atoms with E-state index < -0.39 is 0 Å². The molecule has 4 saturated carbocycles. The molecule has 4 aliphatic rings. The van der Waals surface area contributed by atoms with Crippen molar-refractivity contribution in [2.45, 2.75) is 153 Å². The summed E-state index contributed by atoms with van der Waals surface area (Å²) in [5.41, 5.74) is 3.78. The molecule has 0 heterocycles. The topological polar surface area (TPSA) is 9.23 Å². The van der Waals surface area contributed by atoms with Crippen LogP contribution in [0.1, 0.15) is 163 Å². The van der Waals surface area contributed by atoms with E-state index in [1.807, 2.05) is 12.1 Å². The third-order valence-corrected chi connectivity index (χ3v) is 14.2. The summed E-state index contributed by atoms with van der Waals surface area (Å²) in [5, 5.41) is 0. The van der Waals surface area contributed by atoms with E-state index in [0.29, 0.717) is 37.9 Å². The fourth-order valence-corrected chi connectivity index (χ4v) is 10.4. The Morgan fingerprint density at radius 3 is 1.14 bits per heavy atom. The molecule has 0 spiro atoms. The van der Waals surface area contributed by atoms with Crippen molar-refractivity contribution in [3.05, 3.63) is 95.6 Å². The van der Waals surface area contributed by atoms with Gasteiger partial charge in [-0.25, -0.2) is 8.78 Å². The van der Waals surface area contributed by atoms with Gasteiger partial charge in [-0.2, -0.15) is 0 Å². The van der Waals surface area contributed by atoms with E-state index in [0.717, 1.165) is 46.6 Å². The number of hydrogen-bond donors (Lipinski definition) is 0. The van der Waals surface area contributed by atoms with Crippen LogP contribution in [0.5, 0.6) is 0 Å². The van der Waals surface area contributed by atoms with E-state index in [1.165, 1.54) is 140 Å². The highest BCUT2D eigenvalue weighted by Gasteiger charge is 2.27. The van der Waals surface area contributed by atoms with E-state index in [9.17, 15) is 0 Å². The van der Waals surface area contributed by atoms with Crippen molar-refractivity contribution in [3.63, 3.8) is 0 Å². The smallest absolute Gasteiger partial charge is 0.126 e. The number of hydrogen-bond acceptors (Lipinski definition) is 1. The highest BCUT2D eigenvalue weighted by atomic mass is 19.1. The Morgan fingerprint density at radius 1 is 0.490 bits per heavy atom. The zero-order valence-corrected chi connectivity index (χ0v) is 31.8. The Kier molecular flexibility index (Phi) is 14.9. The van der Waals surface area contributed by atoms with Gasteiger partial charge in [0.25, 0.3) is 0 Å². The summed E-state index contributed by atoms with van der Waals surface area (Å²) in [6.07, 6.45) is 31.7. The summed E-state index contributed by atoms with van der Waals surface area (Å²) >= 11 is 0. The van der Waals surface area contributed by atoms with Gasteiger partial charge in [0.05, 0.1) is 13.2 Å². The van der Waals surface area contributed by atoms with Crippen LogP contribution in [0.15, 0.2) is 61.7 Å². The van der Waals surface area contributed by atoms with Crippen LogP contribution in [-0.4, -0.2) is 13.2 Å². The molecule has 0 amide bonds. The van der Waals surface area contributed by atoms with Crippen LogP contribution in [0.4, 0.5) is 8.78 Å². The molecule has 2 aromatic rings. The molecule has 0 radical (unpaired) electrons. The van der Waals surface area contributed by atoms with Crippen LogP contribution in [0.3, 0.4) is 0 Å². The molecule has 0 bridgehead atoms. The van der Waals surface area contributed by atoms with E-state index in [-0.39, 0.29) is 11.6 Å². The van der Waals surface area contributed by atoms with Gasteiger partial charge in [-0.3, -0.25) is 0 Å². The molecular weight excluding hydrogens is 631 g/mol. The molecule has 280 valence electrons. The predicted molar refractivity (Wildman–Crippen MR) is 210 cm³/mol. The van der Waals surface area contributed by atoms with E-state index in [4.69, 9.17) is 4.74 Å². The monoisotopic (exact) mass is 699 g/mol. The molecule has 0 saturated heterocycles. The third-order valence-electron chi connectivity index (χ3n) is 14.2. The fraction of sp³-hybridized carbons (Fsp3) is 0.667. The quantitative estimate of drug-likeness (QED) is 0.125. The number of benzene rings is 2. The lowest BCUT2D eigenvalue weighted by molar-refractivity contribution is 0.139. The van der Waals surface area contributed by atoms with Gasteiger partial charge in [0, 0.05) is 0 Å². The van der Waals surface area contributed by atoms with Crippen molar-refractivity contribution in [3.8, 4) is 0 Å². The Morgan fingerprint density at radius 2 is 0.824 bits per heavy atom. The summed E-state index contributed by atoms with van der Waals surface area (Å²) in [7, 11) is 0. The number of allylic oxidation sites excluding steroid dienone is 2. The summed E-state index contributed by atoms with van der Waals surface area (Å²) in [4.78, 5) is 0. The first-order valence-corrected chi connectivity index (χ1v) is 21.4. The molecule has 1 nitrogen and oxygen atoms in total. The summed E-state index contributed by atoms with van der Waals surface area (Å²) in [5.74, 6) is 5.82. The molecule has 0 atom stereocenters. The number of ether oxygens (including phenoxy) is 1. The van der Waals surface area contributed by atoms with Gasteiger partial charge in [-0.1, -0.05) is 62.1 Å². The zero-order valence-electron chi connectivity index (χ0n) is 31.8. The van der Waals surface area contributed by atoms with Gasteiger partial charge in [0.2, 0.25) is 0 Å². The third kappa shape index (κ3) is 11.4. The Labute approximate surface area is 310 Å². The minimum absolute atomic E-state index is 0.102. The lowest BCUT2D eigenvalue weighted by atomic mass is 9.74. The number of rotatable bonds is 16. The predicted octanol–water partition coefficient (Wildman–Crippen LogP) is 13.9. The minimum atomic E-state index is -0.102. The Bertz CT molecular complexity index is 1250. The van der Waals surface area contributed by atoms with Gasteiger partial charge >= 0.3 is 0 Å². The molecule has 0 aliphatic heterocycles. The molecule has 3 heteroatoms. The molecule has 2 aromatic carbocycles. The Balaban J connectivity index is 0.841. The van der Waals surface area contributed by atoms with E-state index in [2.05, 4.69) is 37.4 Å². The maximum Gasteiger partial charge on any atom is 0.126 e. The van der Waals surface area contributed by atoms with E-state index >= 15 is 8.78 Å². The summed E-state index contributed by atoms with van der Waals surface area (Å²) < 4.78 is 36.1.